The Morgan fingerprint density at radius 1 is 1.42 bits per heavy atom. The average Bonchev–Trinajstić information content (AvgIpc) is 2.56. The first-order valence-corrected chi connectivity index (χ1v) is 5.11. The molecule has 0 heterocycles. The lowest BCUT2D eigenvalue weighted by atomic mass is 9.98. The molecular weight excluding hydrogens is 148 g/mol. The summed E-state index contributed by atoms with van der Waals surface area (Å²) in [5.74, 6) is 0.789. The molecule has 70 valence electrons. The van der Waals surface area contributed by atoms with E-state index in [4.69, 9.17) is 0 Å². The van der Waals surface area contributed by atoms with E-state index in [1.165, 1.54) is 44.2 Å². The van der Waals surface area contributed by atoms with E-state index in [2.05, 4.69) is 17.5 Å². The highest BCUT2D eigenvalue weighted by molar-refractivity contribution is 5.86. The maximum Gasteiger partial charge on any atom is 0.0409 e. The number of rotatable bonds is 4. The van der Waals surface area contributed by atoms with E-state index in [9.17, 15) is 0 Å². The fraction of sp³-hybridized carbons (Fsp3) is 0.900. The van der Waals surface area contributed by atoms with Crippen LogP contribution in [0.4, 0.5) is 0 Å². The van der Waals surface area contributed by atoms with Gasteiger partial charge < -0.3 is 5.43 Å². The molecule has 2 heteroatoms. The molecule has 1 aliphatic rings. The minimum atomic E-state index is 0.789. The van der Waals surface area contributed by atoms with E-state index >= 15 is 0 Å². The predicted molar refractivity (Wildman–Crippen MR) is 53.4 cm³/mol. The molecule has 0 unspecified atom stereocenters. The molecule has 0 bridgehead atoms. The van der Waals surface area contributed by atoms with Crippen LogP contribution in [0.1, 0.15) is 45.4 Å². The summed E-state index contributed by atoms with van der Waals surface area (Å²) in [4.78, 5) is 0. The molecule has 0 amide bonds. The lowest BCUT2D eigenvalue weighted by Crippen LogP contribution is -2.14. The van der Waals surface area contributed by atoms with Gasteiger partial charge in [-0.25, -0.2) is 0 Å². The lowest BCUT2D eigenvalue weighted by Gasteiger charge is -2.11. The van der Waals surface area contributed by atoms with Gasteiger partial charge in [0.1, 0.15) is 0 Å². The van der Waals surface area contributed by atoms with Gasteiger partial charge in [0, 0.05) is 12.8 Å². The van der Waals surface area contributed by atoms with Crippen LogP contribution in [-0.2, 0) is 0 Å². The maximum atomic E-state index is 4.36. The first-order chi connectivity index (χ1) is 5.88. The second-order valence-corrected chi connectivity index (χ2v) is 3.56. The van der Waals surface area contributed by atoms with Crippen molar-refractivity contribution in [2.75, 3.05) is 7.05 Å². The molecule has 0 aliphatic heterocycles. The highest BCUT2D eigenvalue weighted by Crippen LogP contribution is 2.27. The molecule has 12 heavy (non-hydrogen) atoms. The summed E-state index contributed by atoms with van der Waals surface area (Å²) in [6, 6.07) is 0. The highest BCUT2D eigenvalue weighted by atomic mass is 15.3. The van der Waals surface area contributed by atoms with Gasteiger partial charge in [-0.1, -0.05) is 26.2 Å². The van der Waals surface area contributed by atoms with Crippen LogP contribution in [0.2, 0.25) is 0 Å². The topological polar surface area (TPSA) is 24.4 Å². The molecule has 0 aromatic heterocycles. The van der Waals surface area contributed by atoms with Crippen molar-refractivity contribution in [1.29, 1.82) is 0 Å². The zero-order chi connectivity index (χ0) is 8.81. The van der Waals surface area contributed by atoms with Gasteiger partial charge in [-0.15, -0.1) is 0 Å². The van der Waals surface area contributed by atoms with Gasteiger partial charge in [-0.2, -0.15) is 5.10 Å². The summed E-state index contributed by atoms with van der Waals surface area (Å²) < 4.78 is 0. The van der Waals surface area contributed by atoms with Crippen molar-refractivity contribution in [2.45, 2.75) is 45.4 Å². The number of hydrazone groups is 1. The SMILES string of the molecule is CCC/C(=N\NC)C1CCCC1. The van der Waals surface area contributed by atoms with Crippen LogP contribution in [0.25, 0.3) is 0 Å². The van der Waals surface area contributed by atoms with Gasteiger partial charge in [0.25, 0.3) is 0 Å². The average molecular weight is 168 g/mol. The van der Waals surface area contributed by atoms with Crippen molar-refractivity contribution in [2.24, 2.45) is 11.0 Å². The maximum absolute atomic E-state index is 4.36. The fourth-order valence-corrected chi connectivity index (χ4v) is 2.01. The van der Waals surface area contributed by atoms with Crippen molar-refractivity contribution in [3.63, 3.8) is 0 Å². The van der Waals surface area contributed by atoms with E-state index in [1.54, 1.807) is 0 Å². The molecule has 1 fully saturated rings. The van der Waals surface area contributed by atoms with Crippen molar-refractivity contribution < 1.29 is 0 Å². The molecule has 1 N–H and O–H groups in total. The van der Waals surface area contributed by atoms with Crippen molar-refractivity contribution in [3.8, 4) is 0 Å². The van der Waals surface area contributed by atoms with E-state index in [0.29, 0.717) is 0 Å². The zero-order valence-electron chi connectivity index (χ0n) is 8.27. The van der Waals surface area contributed by atoms with Crippen LogP contribution < -0.4 is 5.43 Å². The molecule has 1 rings (SSSR count). The molecule has 0 aromatic carbocycles. The molecule has 0 saturated heterocycles. The first kappa shape index (κ1) is 9.56. The van der Waals surface area contributed by atoms with E-state index in [0.717, 1.165) is 5.92 Å². The number of nitrogens with zero attached hydrogens (tertiary/aromatic N) is 1. The van der Waals surface area contributed by atoms with Crippen LogP contribution in [0.3, 0.4) is 0 Å². The van der Waals surface area contributed by atoms with Crippen molar-refractivity contribution in [1.82, 2.24) is 5.43 Å². The summed E-state index contributed by atoms with van der Waals surface area (Å²) in [6.45, 7) is 2.22. The van der Waals surface area contributed by atoms with Gasteiger partial charge in [0.2, 0.25) is 0 Å². The van der Waals surface area contributed by atoms with Crippen LogP contribution in [0.15, 0.2) is 5.10 Å². The lowest BCUT2D eigenvalue weighted by molar-refractivity contribution is 0.689. The molecule has 0 aromatic rings. The van der Waals surface area contributed by atoms with Crippen LogP contribution in [-0.4, -0.2) is 12.8 Å². The molecule has 0 atom stereocenters. The Hall–Kier alpha value is -0.530. The van der Waals surface area contributed by atoms with Crippen LogP contribution in [0, 0.1) is 5.92 Å². The summed E-state index contributed by atoms with van der Waals surface area (Å²) in [7, 11) is 1.89. The Morgan fingerprint density at radius 3 is 2.58 bits per heavy atom. The highest BCUT2D eigenvalue weighted by Gasteiger charge is 2.19. The third-order valence-electron chi connectivity index (χ3n) is 2.59. The zero-order valence-corrected chi connectivity index (χ0v) is 8.27. The van der Waals surface area contributed by atoms with Crippen molar-refractivity contribution in [3.05, 3.63) is 0 Å². The Kier molecular flexibility index (Phi) is 4.12. The van der Waals surface area contributed by atoms with E-state index in [-0.39, 0.29) is 0 Å². The Bertz CT molecular complexity index is 146. The summed E-state index contributed by atoms with van der Waals surface area (Å²) in [6.07, 6.45) is 7.91. The smallest absolute Gasteiger partial charge is 0.0409 e. The van der Waals surface area contributed by atoms with Gasteiger partial charge in [0.05, 0.1) is 0 Å². The summed E-state index contributed by atoms with van der Waals surface area (Å²) in [5, 5.41) is 4.36. The summed E-state index contributed by atoms with van der Waals surface area (Å²) >= 11 is 0. The van der Waals surface area contributed by atoms with Gasteiger partial charge in [0.15, 0.2) is 0 Å². The second kappa shape index (κ2) is 5.18. The minimum Gasteiger partial charge on any atom is -0.313 e. The molecule has 0 radical (unpaired) electrons. The standard InChI is InChI=1S/C10H20N2/c1-3-6-10(12-11-2)9-7-4-5-8-9/h9,11H,3-8H2,1-2H3/b12-10+. The van der Waals surface area contributed by atoms with E-state index < -0.39 is 0 Å². The Balaban J connectivity index is 2.45. The van der Waals surface area contributed by atoms with Crippen LogP contribution >= 0.6 is 0 Å². The third-order valence-corrected chi connectivity index (χ3v) is 2.59. The van der Waals surface area contributed by atoms with Gasteiger partial charge in [-0.3, -0.25) is 0 Å². The van der Waals surface area contributed by atoms with E-state index in [1.807, 2.05) is 7.05 Å². The Labute approximate surface area is 75.4 Å². The minimum absolute atomic E-state index is 0.789. The third kappa shape index (κ3) is 2.50. The van der Waals surface area contributed by atoms with Gasteiger partial charge >= 0.3 is 0 Å². The number of hydrogen-bond acceptors (Lipinski definition) is 2. The molecule has 1 saturated carbocycles. The van der Waals surface area contributed by atoms with Crippen molar-refractivity contribution >= 4 is 5.71 Å². The largest absolute Gasteiger partial charge is 0.313 e. The predicted octanol–water partition coefficient (Wildman–Crippen LogP) is 2.55. The number of hydrogen-bond donors (Lipinski definition) is 1. The van der Waals surface area contributed by atoms with Gasteiger partial charge in [-0.05, 0) is 25.2 Å². The second-order valence-electron chi connectivity index (χ2n) is 3.56. The first-order valence-electron chi connectivity index (χ1n) is 5.11. The normalized spacial score (nSPS) is 20.0. The quantitative estimate of drug-likeness (QED) is 0.506. The fourth-order valence-electron chi connectivity index (χ4n) is 2.01. The van der Waals surface area contributed by atoms with Crippen LogP contribution in [0.5, 0.6) is 0 Å². The monoisotopic (exact) mass is 168 g/mol. The number of nitrogens with one attached hydrogen (secondary N) is 1. The Morgan fingerprint density at radius 2 is 2.08 bits per heavy atom. The molecule has 1 aliphatic carbocycles. The molecule has 2 nitrogen and oxygen atoms in total. The molecule has 0 spiro atoms. The molecular formula is C10H20N2. The summed E-state index contributed by atoms with van der Waals surface area (Å²) in [5.41, 5.74) is 4.32.